The van der Waals surface area contributed by atoms with Crippen LogP contribution in [0.25, 0.3) is 0 Å². The summed E-state index contributed by atoms with van der Waals surface area (Å²) in [7, 11) is 0. The van der Waals surface area contributed by atoms with E-state index in [9.17, 15) is 34.5 Å². The largest absolute Gasteiger partial charge is 0.481 e. The van der Waals surface area contributed by atoms with Crippen LogP contribution in [-0.2, 0) is 23.9 Å². The highest BCUT2D eigenvalue weighted by atomic mass is 16.5. The van der Waals surface area contributed by atoms with Crippen LogP contribution in [0.3, 0.4) is 0 Å². The molecule has 2 amide bonds. The van der Waals surface area contributed by atoms with Crippen LogP contribution >= 0.6 is 0 Å². The predicted octanol–water partition coefficient (Wildman–Crippen LogP) is 3.28. The van der Waals surface area contributed by atoms with Crippen LogP contribution < -0.4 is 16.4 Å². The summed E-state index contributed by atoms with van der Waals surface area (Å²) < 4.78 is 5.62. The summed E-state index contributed by atoms with van der Waals surface area (Å²) in [5.41, 5.74) is 5.82. The van der Waals surface area contributed by atoms with Gasteiger partial charge in [0, 0.05) is 5.92 Å². The van der Waals surface area contributed by atoms with Crippen molar-refractivity contribution in [1.82, 2.24) is 10.6 Å². The van der Waals surface area contributed by atoms with Gasteiger partial charge >= 0.3 is 11.9 Å². The normalized spacial score (nSPS) is 16.5. The third-order valence-electron chi connectivity index (χ3n) is 7.89. The number of unbranched alkanes of at least 4 members (excludes halogenated alkanes) is 10. The molecule has 0 radical (unpaired) electrons. The first-order valence-corrected chi connectivity index (χ1v) is 15.9. The highest BCUT2D eigenvalue weighted by molar-refractivity contribution is 5.91. The van der Waals surface area contributed by atoms with Crippen LogP contribution in [-0.4, -0.2) is 76.0 Å². The van der Waals surface area contributed by atoms with Gasteiger partial charge in [0.1, 0.15) is 18.7 Å². The number of aliphatic carboxylic acids is 1. The first-order valence-electron chi connectivity index (χ1n) is 15.9. The van der Waals surface area contributed by atoms with Gasteiger partial charge < -0.3 is 36.4 Å². The van der Waals surface area contributed by atoms with E-state index in [0.717, 1.165) is 25.7 Å². The SMILES string of the molecule is CCCCCCCCCCCCC[C@@H](OC(=O)CNC(=O)[C@@H](NC(=O)[C@@H](N)C(C)C)[C@@H](C)O)[C@H](C)[C@@H](O)[C@@H](C)C(=O)O. The maximum atomic E-state index is 12.7. The van der Waals surface area contributed by atoms with Gasteiger partial charge in [0.2, 0.25) is 11.8 Å². The zero-order valence-electron chi connectivity index (χ0n) is 26.8. The lowest BCUT2D eigenvalue weighted by Crippen LogP contribution is -2.57. The molecule has 246 valence electrons. The predicted molar refractivity (Wildman–Crippen MR) is 162 cm³/mol. The molecule has 0 fully saturated rings. The Morgan fingerprint density at radius 1 is 0.786 bits per heavy atom. The molecule has 0 aliphatic carbocycles. The highest BCUT2D eigenvalue weighted by Gasteiger charge is 2.34. The van der Waals surface area contributed by atoms with E-state index in [4.69, 9.17) is 10.5 Å². The standard InChI is InChI=1S/C31H59N3O8/c1-7-8-9-10-11-12-13-14-15-16-17-18-24(21(4)28(37)22(5)31(40)41)42-25(36)19-33-30(39)27(23(6)35)34-29(38)26(32)20(2)3/h20-24,26-28,35,37H,7-19,32H2,1-6H3,(H,33,39)(H,34,38)(H,40,41)/t21-,22+,23+,24+,26-,27-,28+/m0/s1. The van der Waals surface area contributed by atoms with Crippen molar-refractivity contribution in [3.05, 3.63) is 0 Å². The summed E-state index contributed by atoms with van der Waals surface area (Å²) in [6.07, 6.45) is 9.87. The molecule has 0 heterocycles. The van der Waals surface area contributed by atoms with Crippen molar-refractivity contribution in [3.63, 3.8) is 0 Å². The molecule has 7 atom stereocenters. The lowest BCUT2D eigenvalue weighted by molar-refractivity contribution is -0.157. The maximum Gasteiger partial charge on any atom is 0.325 e. The summed E-state index contributed by atoms with van der Waals surface area (Å²) in [4.78, 5) is 49.1. The number of rotatable bonds is 24. The molecule has 0 aromatic carbocycles. The lowest BCUT2D eigenvalue weighted by Gasteiger charge is -2.30. The monoisotopic (exact) mass is 601 g/mol. The Morgan fingerprint density at radius 2 is 1.29 bits per heavy atom. The van der Waals surface area contributed by atoms with Gasteiger partial charge in [0.25, 0.3) is 0 Å². The number of amides is 2. The minimum Gasteiger partial charge on any atom is -0.481 e. The number of hydrogen-bond acceptors (Lipinski definition) is 8. The van der Waals surface area contributed by atoms with Gasteiger partial charge in [-0.2, -0.15) is 0 Å². The first-order chi connectivity index (χ1) is 19.7. The molecule has 0 aliphatic rings. The van der Waals surface area contributed by atoms with E-state index < -0.39 is 72.5 Å². The Bertz CT molecular complexity index is 792. The number of carboxylic acid groups (broad SMARTS) is 1. The Morgan fingerprint density at radius 3 is 1.74 bits per heavy atom. The number of nitrogens with one attached hydrogen (secondary N) is 2. The van der Waals surface area contributed by atoms with Gasteiger partial charge in [-0.05, 0) is 32.6 Å². The van der Waals surface area contributed by atoms with Crippen LogP contribution in [0.2, 0.25) is 0 Å². The third kappa shape index (κ3) is 16.4. The molecular formula is C31H59N3O8. The molecule has 7 N–H and O–H groups in total. The number of aliphatic hydroxyl groups is 2. The molecule has 0 aromatic rings. The fourth-order valence-corrected chi connectivity index (χ4v) is 4.70. The molecule has 0 rings (SSSR count). The Labute approximate surface area is 252 Å². The number of aliphatic hydroxyl groups excluding tert-OH is 2. The number of nitrogens with two attached hydrogens (primary N) is 1. The quantitative estimate of drug-likeness (QED) is 0.0712. The second kappa shape index (κ2) is 22.3. The van der Waals surface area contributed by atoms with Crippen molar-refractivity contribution in [2.24, 2.45) is 23.5 Å². The van der Waals surface area contributed by atoms with Crippen LogP contribution in [0, 0.1) is 17.8 Å². The lowest BCUT2D eigenvalue weighted by atomic mass is 9.87. The second-order valence-electron chi connectivity index (χ2n) is 12.0. The number of esters is 1. The molecule has 11 nitrogen and oxygen atoms in total. The van der Waals surface area contributed by atoms with Crippen molar-refractivity contribution < 1.29 is 39.2 Å². The van der Waals surface area contributed by atoms with E-state index >= 15 is 0 Å². The van der Waals surface area contributed by atoms with Crippen LogP contribution in [0.4, 0.5) is 0 Å². The molecule has 0 aliphatic heterocycles. The molecule has 0 bridgehead atoms. The van der Waals surface area contributed by atoms with Gasteiger partial charge in [-0.25, -0.2) is 0 Å². The second-order valence-corrected chi connectivity index (χ2v) is 12.0. The zero-order valence-corrected chi connectivity index (χ0v) is 26.8. The van der Waals surface area contributed by atoms with Gasteiger partial charge in [-0.3, -0.25) is 19.2 Å². The van der Waals surface area contributed by atoms with Crippen molar-refractivity contribution in [2.75, 3.05) is 6.54 Å². The maximum absolute atomic E-state index is 12.7. The van der Waals surface area contributed by atoms with Crippen LogP contribution in [0.1, 0.15) is 119 Å². The highest BCUT2D eigenvalue weighted by Crippen LogP contribution is 2.24. The van der Waals surface area contributed by atoms with E-state index in [1.165, 1.54) is 58.8 Å². The average Bonchev–Trinajstić information content (AvgIpc) is 2.94. The van der Waals surface area contributed by atoms with E-state index in [1.54, 1.807) is 20.8 Å². The Hall–Kier alpha value is -2.24. The summed E-state index contributed by atoms with van der Waals surface area (Å²) in [6, 6.07) is -2.19. The number of carbonyl (C=O) groups is 4. The minimum absolute atomic E-state index is 0.184. The number of hydrogen-bond donors (Lipinski definition) is 6. The molecule has 42 heavy (non-hydrogen) atoms. The molecule has 0 aromatic heterocycles. The number of ether oxygens (including phenoxy) is 1. The van der Waals surface area contributed by atoms with Gasteiger partial charge in [0.15, 0.2) is 0 Å². The smallest absolute Gasteiger partial charge is 0.325 e. The number of carboxylic acids is 1. The van der Waals surface area contributed by atoms with Crippen LogP contribution in [0.15, 0.2) is 0 Å². The first kappa shape index (κ1) is 39.8. The van der Waals surface area contributed by atoms with E-state index in [1.807, 2.05) is 0 Å². The van der Waals surface area contributed by atoms with Crippen molar-refractivity contribution in [1.29, 1.82) is 0 Å². The molecule has 11 heteroatoms. The Balaban J connectivity index is 4.98. The summed E-state index contributed by atoms with van der Waals surface area (Å²) >= 11 is 0. The van der Waals surface area contributed by atoms with Gasteiger partial charge in [-0.15, -0.1) is 0 Å². The zero-order chi connectivity index (χ0) is 32.2. The Kier molecular flexibility index (Phi) is 21.1. The molecular weight excluding hydrogens is 542 g/mol. The van der Waals surface area contributed by atoms with E-state index in [0.29, 0.717) is 6.42 Å². The van der Waals surface area contributed by atoms with Crippen molar-refractivity contribution >= 4 is 23.8 Å². The average molecular weight is 602 g/mol. The number of carbonyl (C=O) groups excluding carboxylic acids is 3. The molecule has 0 saturated heterocycles. The molecule has 0 unspecified atom stereocenters. The fourth-order valence-electron chi connectivity index (χ4n) is 4.70. The van der Waals surface area contributed by atoms with Gasteiger partial charge in [0.05, 0.1) is 24.2 Å². The van der Waals surface area contributed by atoms with E-state index in [2.05, 4.69) is 17.6 Å². The molecule has 0 saturated carbocycles. The van der Waals surface area contributed by atoms with Crippen LogP contribution in [0.5, 0.6) is 0 Å². The minimum atomic E-state index is -1.32. The third-order valence-corrected chi connectivity index (χ3v) is 7.89. The fraction of sp³-hybridized carbons (Fsp3) is 0.871. The van der Waals surface area contributed by atoms with Crippen molar-refractivity contribution in [2.45, 2.75) is 149 Å². The van der Waals surface area contributed by atoms with Crippen molar-refractivity contribution in [3.8, 4) is 0 Å². The molecule has 0 spiro atoms. The summed E-state index contributed by atoms with van der Waals surface area (Å²) in [6.45, 7) is 9.57. The van der Waals surface area contributed by atoms with E-state index in [-0.39, 0.29) is 5.92 Å². The summed E-state index contributed by atoms with van der Waals surface area (Å²) in [5, 5.41) is 34.8. The van der Waals surface area contributed by atoms with Gasteiger partial charge in [-0.1, -0.05) is 91.9 Å². The topological polar surface area (TPSA) is 188 Å². The summed E-state index contributed by atoms with van der Waals surface area (Å²) in [5.74, 6) is -5.18.